The molecular formula is C18H27N3O. The zero-order valence-electron chi connectivity index (χ0n) is 13.4. The minimum Gasteiger partial charge on any atom is -0.335 e. The number of anilines is 1. The van der Waals surface area contributed by atoms with Crippen molar-refractivity contribution < 1.29 is 4.79 Å². The highest BCUT2D eigenvalue weighted by atomic mass is 16.2. The third-order valence-corrected chi connectivity index (χ3v) is 4.97. The van der Waals surface area contributed by atoms with Crippen LogP contribution >= 0.6 is 0 Å². The summed E-state index contributed by atoms with van der Waals surface area (Å²) in [7, 11) is 0. The van der Waals surface area contributed by atoms with E-state index in [-0.39, 0.29) is 6.03 Å². The second-order valence-electron chi connectivity index (χ2n) is 6.61. The number of para-hydroxylation sites is 1. The number of fused-ring (bicyclic) bond motifs is 2. The van der Waals surface area contributed by atoms with Crippen LogP contribution in [0, 0.1) is 0 Å². The monoisotopic (exact) mass is 301 g/mol. The molecule has 0 saturated carbocycles. The van der Waals surface area contributed by atoms with Crippen molar-refractivity contribution in [3.8, 4) is 0 Å². The molecule has 0 aromatic heterocycles. The average molecular weight is 301 g/mol. The number of carbonyl (C=O) groups is 1. The van der Waals surface area contributed by atoms with E-state index in [4.69, 9.17) is 0 Å². The highest BCUT2D eigenvalue weighted by molar-refractivity contribution is 5.89. The Morgan fingerprint density at radius 1 is 1.18 bits per heavy atom. The van der Waals surface area contributed by atoms with Crippen LogP contribution in [0.2, 0.25) is 0 Å². The number of benzene rings is 1. The molecule has 2 aliphatic heterocycles. The second kappa shape index (κ2) is 7.14. The van der Waals surface area contributed by atoms with Gasteiger partial charge in [-0.25, -0.2) is 4.79 Å². The van der Waals surface area contributed by atoms with Crippen LogP contribution in [0.25, 0.3) is 0 Å². The lowest BCUT2D eigenvalue weighted by Gasteiger charge is -2.49. The fourth-order valence-electron chi connectivity index (χ4n) is 4.09. The molecule has 0 aliphatic carbocycles. The summed E-state index contributed by atoms with van der Waals surface area (Å²) in [4.78, 5) is 14.9. The Hall–Kier alpha value is -1.55. The molecule has 3 rings (SSSR count). The van der Waals surface area contributed by atoms with E-state index < -0.39 is 0 Å². The maximum atomic E-state index is 12.2. The molecule has 0 unspecified atom stereocenters. The van der Waals surface area contributed by atoms with Crippen molar-refractivity contribution >= 4 is 11.7 Å². The van der Waals surface area contributed by atoms with Gasteiger partial charge in [0.1, 0.15) is 0 Å². The lowest BCUT2D eigenvalue weighted by molar-refractivity contribution is 0.0272. The summed E-state index contributed by atoms with van der Waals surface area (Å²) in [6, 6.07) is 11.2. The first-order chi connectivity index (χ1) is 10.8. The molecular weight excluding hydrogens is 274 g/mol. The van der Waals surface area contributed by atoms with E-state index in [9.17, 15) is 4.79 Å². The van der Waals surface area contributed by atoms with Crippen molar-refractivity contribution in [2.45, 2.75) is 63.6 Å². The molecule has 2 fully saturated rings. The van der Waals surface area contributed by atoms with Gasteiger partial charge in [-0.3, -0.25) is 4.90 Å². The normalized spacial score (nSPS) is 28.1. The Labute approximate surface area is 133 Å². The number of carbonyl (C=O) groups excluding carboxylic acids is 1. The molecule has 0 spiro atoms. The Morgan fingerprint density at radius 3 is 2.50 bits per heavy atom. The van der Waals surface area contributed by atoms with Crippen LogP contribution in [-0.4, -0.2) is 35.6 Å². The molecule has 4 heteroatoms. The van der Waals surface area contributed by atoms with Crippen LogP contribution in [-0.2, 0) is 0 Å². The van der Waals surface area contributed by atoms with E-state index in [1.165, 1.54) is 32.2 Å². The number of rotatable bonds is 4. The maximum absolute atomic E-state index is 12.2. The van der Waals surface area contributed by atoms with Gasteiger partial charge in [0.2, 0.25) is 0 Å². The van der Waals surface area contributed by atoms with Crippen LogP contribution in [0.4, 0.5) is 10.5 Å². The van der Waals surface area contributed by atoms with Crippen molar-refractivity contribution in [1.29, 1.82) is 0 Å². The van der Waals surface area contributed by atoms with Crippen molar-refractivity contribution in [1.82, 2.24) is 10.2 Å². The van der Waals surface area contributed by atoms with Gasteiger partial charge in [0.05, 0.1) is 0 Å². The van der Waals surface area contributed by atoms with Gasteiger partial charge >= 0.3 is 6.03 Å². The van der Waals surface area contributed by atoms with E-state index >= 15 is 0 Å². The highest BCUT2D eigenvalue weighted by Crippen LogP contribution is 2.34. The molecule has 2 atom stereocenters. The average Bonchev–Trinajstić information content (AvgIpc) is 2.49. The molecule has 4 nitrogen and oxygen atoms in total. The summed E-state index contributed by atoms with van der Waals surface area (Å²) in [5.41, 5.74) is 0.851. The molecule has 1 aromatic carbocycles. The fraction of sp³-hybridized carbons (Fsp3) is 0.611. The molecule has 2 amide bonds. The van der Waals surface area contributed by atoms with Gasteiger partial charge in [0.25, 0.3) is 0 Å². The Morgan fingerprint density at radius 2 is 1.86 bits per heavy atom. The standard InChI is InChI=1S/C18H27N3O/c1-2-11-21-16-9-6-10-17(21)13-15(12-16)20-18(22)19-14-7-4-3-5-8-14/h3-5,7-8,15-17H,2,6,9-13H2,1H3,(H2,19,20,22)/t16-,17-/m1/s1. The lowest BCUT2D eigenvalue weighted by atomic mass is 9.81. The quantitative estimate of drug-likeness (QED) is 0.892. The summed E-state index contributed by atoms with van der Waals surface area (Å²) < 4.78 is 0. The van der Waals surface area contributed by atoms with Crippen molar-refractivity contribution in [2.75, 3.05) is 11.9 Å². The highest BCUT2D eigenvalue weighted by Gasteiger charge is 2.37. The molecule has 2 saturated heterocycles. The van der Waals surface area contributed by atoms with Gasteiger partial charge in [-0.15, -0.1) is 0 Å². The predicted octanol–water partition coefficient (Wildman–Crippen LogP) is 3.60. The zero-order valence-corrected chi connectivity index (χ0v) is 13.4. The van der Waals surface area contributed by atoms with Gasteiger partial charge in [-0.1, -0.05) is 31.5 Å². The minimum atomic E-state index is -0.0711. The number of piperidine rings is 2. The smallest absolute Gasteiger partial charge is 0.319 e. The van der Waals surface area contributed by atoms with Crippen molar-refractivity contribution in [2.24, 2.45) is 0 Å². The fourth-order valence-corrected chi connectivity index (χ4v) is 4.09. The van der Waals surface area contributed by atoms with E-state index in [0.717, 1.165) is 18.5 Å². The molecule has 0 radical (unpaired) electrons. The maximum Gasteiger partial charge on any atom is 0.319 e. The number of hydrogen-bond donors (Lipinski definition) is 2. The van der Waals surface area contributed by atoms with Crippen LogP contribution in [0.3, 0.4) is 0 Å². The molecule has 1 aromatic rings. The van der Waals surface area contributed by atoms with E-state index in [2.05, 4.69) is 22.5 Å². The summed E-state index contributed by atoms with van der Waals surface area (Å²) in [6.07, 6.45) is 7.33. The lowest BCUT2D eigenvalue weighted by Crippen LogP contribution is -2.57. The summed E-state index contributed by atoms with van der Waals surface area (Å²) in [5, 5.41) is 6.11. The van der Waals surface area contributed by atoms with Gasteiger partial charge in [0.15, 0.2) is 0 Å². The molecule has 120 valence electrons. The topological polar surface area (TPSA) is 44.4 Å². The van der Waals surface area contributed by atoms with E-state index in [0.29, 0.717) is 18.1 Å². The van der Waals surface area contributed by atoms with E-state index in [1.54, 1.807) is 0 Å². The molecule has 2 bridgehead atoms. The van der Waals surface area contributed by atoms with Crippen LogP contribution < -0.4 is 10.6 Å². The zero-order chi connectivity index (χ0) is 15.4. The summed E-state index contributed by atoms with van der Waals surface area (Å²) in [5.74, 6) is 0. The Bertz CT molecular complexity index is 476. The van der Waals surface area contributed by atoms with Crippen LogP contribution in [0.15, 0.2) is 30.3 Å². The molecule has 2 aliphatic rings. The van der Waals surface area contributed by atoms with Gasteiger partial charge in [-0.05, 0) is 50.8 Å². The Kier molecular flexibility index (Phi) is 4.98. The number of urea groups is 1. The molecule has 22 heavy (non-hydrogen) atoms. The van der Waals surface area contributed by atoms with Gasteiger partial charge in [-0.2, -0.15) is 0 Å². The largest absolute Gasteiger partial charge is 0.335 e. The number of amides is 2. The van der Waals surface area contributed by atoms with Gasteiger partial charge in [0, 0.05) is 23.8 Å². The third-order valence-electron chi connectivity index (χ3n) is 4.97. The molecule has 2 N–H and O–H groups in total. The third kappa shape index (κ3) is 3.61. The first kappa shape index (κ1) is 15.3. The Balaban J connectivity index is 1.55. The van der Waals surface area contributed by atoms with Crippen molar-refractivity contribution in [3.05, 3.63) is 30.3 Å². The first-order valence-corrected chi connectivity index (χ1v) is 8.64. The number of nitrogens with zero attached hydrogens (tertiary/aromatic N) is 1. The minimum absolute atomic E-state index is 0.0711. The van der Waals surface area contributed by atoms with Crippen LogP contribution in [0.1, 0.15) is 45.4 Å². The summed E-state index contributed by atoms with van der Waals surface area (Å²) in [6.45, 7) is 3.46. The van der Waals surface area contributed by atoms with Gasteiger partial charge < -0.3 is 10.6 Å². The van der Waals surface area contributed by atoms with E-state index in [1.807, 2.05) is 30.3 Å². The molecule has 2 heterocycles. The SMILES string of the molecule is CCCN1[C@@H]2CCC[C@@H]1CC(NC(=O)Nc1ccccc1)C2. The van der Waals surface area contributed by atoms with Crippen LogP contribution in [0.5, 0.6) is 0 Å². The number of hydrogen-bond acceptors (Lipinski definition) is 2. The number of nitrogens with one attached hydrogen (secondary N) is 2. The first-order valence-electron chi connectivity index (χ1n) is 8.64. The van der Waals surface area contributed by atoms with Crippen molar-refractivity contribution in [3.63, 3.8) is 0 Å². The second-order valence-corrected chi connectivity index (χ2v) is 6.61. The predicted molar refractivity (Wildman–Crippen MR) is 90.0 cm³/mol. The summed E-state index contributed by atoms with van der Waals surface area (Å²) >= 11 is 0.